The fraction of sp³-hybridized carbons (Fsp3) is 0.455. The van der Waals surface area contributed by atoms with Crippen LogP contribution < -0.4 is 4.74 Å². The van der Waals surface area contributed by atoms with E-state index >= 15 is 0 Å². The summed E-state index contributed by atoms with van der Waals surface area (Å²) in [7, 11) is 0. The third kappa shape index (κ3) is 3.47. The van der Waals surface area contributed by atoms with Crippen LogP contribution in [0.25, 0.3) is 0 Å². The second-order valence-corrected chi connectivity index (χ2v) is 2.97. The molecule has 1 N–H and O–H groups in total. The molecule has 0 heterocycles. The molecule has 13 heavy (non-hydrogen) atoms. The Hall–Kier alpha value is -1.02. The number of aliphatic hydroxyl groups excluding tert-OH is 1. The zero-order valence-corrected chi connectivity index (χ0v) is 7.99. The fourth-order valence-corrected chi connectivity index (χ4v) is 1.20. The monoisotopic (exact) mass is 180 g/mol. The highest BCUT2D eigenvalue weighted by Gasteiger charge is 1.93. The van der Waals surface area contributed by atoms with E-state index in [1.807, 2.05) is 12.1 Å². The van der Waals surface area contributed by atoms with Gasteiger partial charge < -0.3 is 9.84 Å². The predicted octanol–water partition coefficient (Wildman–Crippen LogP) is 2.01. The second kappa shape index (κ2) is 5.60. The van der Waals surface area contributed by atoms with Crippen molar-refractivity contribution >= 4 is 0 Å². The Kier molecular flexibility index (Phi) is 4.33. The molecule has 72 valence electrons. The lowest BCUT2D eigenvalue weighted by Gasteiger charge is -2.04. The first kappa shape index (κ1) is 10.1. The van der Waals surface area contributed by atoms with E-state index in [9.17, 15) is 0 Å². The summed E-state index contributed by atoms with van der Waals surface area (Å²) in [5.41, 5.74) is 1.33. The largest absolute Gasteiger partial charge is 0.491 e. The van der Waals surface area contributed by atoms with Crippen LogP contribution in [-0.2, 0) is 6.42 Å². The molecule has 0 unspecified atom stereocenters. The zero-order chi connectivity index (χ0) is 9.52. The first-order valence-electron chi connectivity index (χ1n) is 4.69. The normalized spacial score (nSPS) is 10.0. The smallest absolute Gasteiger partial charge is 0.119 e. The molecule has 0 atom stereocenters. The van der Waals surface area contributed by atoms with Gasteiger partial charge in [-0.25, -0.2) is 0 Å². The minimum absolute atomic E-state index is 0.0662. The van der Waals surface area contributed by atoms with Crippen molar-refractivity contribution in [1.82, 2.24) is 0 Å². The van der Waals surface area contributed by atoms with Crippen LogP contribution in [0.3, 0.4) is 0 Å². The molecule has 0 spiro atoms. The summed E-state index contributed by atoms with van der Waals surface area (Å²) in [5.74, 6) is 0.828. The van der Waals surface area contributed by atoms with Crippen LogP contribution in [0.2, 0.25) is 0 Å². The Labute approximate surface area is 79.2 Å². The van der Waals surface area contributed by atoms with Crippen LogP contribution in [0.5, 0.6) is 5.75 Å². The van der Waals surface area contributed by atoms with Crippen LogP contribution in [-0.4, -0.2) is 18.3 Å². The Morgan fingerprint density at radius 1 is 1.23 bits per heavy atom. The first-order valence-corrected chi connectivity index (χ1v) is 4.69. The number of aliphatic hydroxyl groups is 1. The summed E-state index contributed by atoms with van der Waals surface area (Å²) < 4.78 is 5.24. The molecule has 0 bridgehead atoms. The van der Waals surface area contributed by atoms with Gasteiger partial charge in [-0.15, -0.1) is 0 Å². The van der Waals surface area contributed by atoms with Crippen molar-refractivity contribution in [2.45, 2.75) is 19.8 Å². The van der Waals surface area contributed by atoms with E-state index < -0.39 is 0 Å². The molecule has 1 aromatic rings. The predicted molar refractivity (Wildman–Crippen MR) is 53.0 cm³/mol. The van der Waals surface area contributed by atoms with Gasteiger partial charge in [-0.1, -0.05) is 25.5 Å². The van der Waals surface area contributed by atoms with Gasteiger partial charge in [0.05, 0.1) is 6.61 Å². The molecule has 0 aliphatic carbocycles. The van der Waals surface area contributed by atoms with Crippen molar-refractivity contribution in [2.24, 2.45) is 0 Å². The zero-order valence-electron chi connectivity index (χ0n) is 7.99. The SMILES string of the molecule is CCCc1ccc(OCCO)cc1. The molecule has 2 nitrogen and oxygen atoms in total. The van der Waals surface area contributed by atoms with E-state index in [4.69, 9.17) is 9.84 Å². The van der Waals surface area contributed by atoms with Crippen LogP contribution >= 0.6 is 0 Å². The summed E-state index contributed by atoms with van der Waals surface area (Å²) in [6, 6.07) is 8.02. The molecule has 0 aliphatic heterocycles. The molecule has 1 aromatic carbocycles. The summed E-state index contributed by atoms with van der Waals surface area (Å²) in [4.78, 5) is 0. The summed E-state index contributed by atoms with van der Waals surface area (Å²) >= 11 is 0. The van der Waals surface area contributed by atoms with E-state index in [-0.39, 0.29) is 6.61 Å². The standard InChI is InChI=1S/C11H16O2/c1-2-3-10-4-6-11(7-5-10)13-9-8-12/h4-7,12H,2-3,8-9H2,1H3. The van der Waals surface area contributed by atoms with E-state index in [0.29, 0.717) is 6.61 Å². The summed E-state index contributed by atoms with van der Waals surface area (Å²) in [5, 5.41) is 8.54. The Morgan fingerprint density at radius 2 is 1.92 bits per heavy atom. The lowest BCUT2D eigenvalue weighted by atomic mass is 10.1. The molecule has 1 rings (SSSR count). The molecule has 0 saturated carbocycles. The van der Waals surface area contributed by atoms with Gasteiger partial charge in [-0.3, -0.25) is 0 Å². The van der Waals surface area contributed by atoms with Crippen molar-refractivity contribution in [1.29, 1.82) is 0 Å². The van der Waals surface area contributed by atoms with E-state index in [1.54, 1.807) is 0 Å². The van der Waals surface area contributed by atoms with Crippen molar-refractivity contribution < 1.29 is 9.84 Å². The minimum atomic E-state index is 0.0662. The Bertz CT molecular complexity index is 228. The van der Waals surface area contributed by atoms with Crippen LogP contribution in [0.1, 0.15) is 18.9 Å². The molecule has 0 fully saturated rings. The lowest BCUT2D eigenvalue weighted by Crippen LogP contribution is -2.01. The fourth-order valence-electron chi connectivity index (χ4n) is 1.20. The van der Waals surface area contributed by atoms with Crippen molar-refractivity contribution in [2.75, 3.05) is 13.2 Å². The third-order valence-electron chi connectivity index (χ3n) is 1.82. The molecule has 2 heteroatoms. The molecule has 0 saturated heterocycles. The van der Waals surface area contributed by atoms with Gasteiger partial charge in [0.25, 0.3) is 0 Å². The van der Waals surface area contributed by atoms with E-state index in [1.165, 1.54) is 5.56 Å². The number of rotatable bonds is 5. The van der Waals surface area contributed by atoms with Crippen LogP contribution in [0.15, 0.2) is 24.3 Å². The average molecular weight is 180 g/mol. The topological polar surface area (TPSA) is 29.5 Å². The van der Waals surface area contributed by atoms with Gasteiger partial charge in [-0.05, 0) is 24.1 Å². The molecule has 0 radical (unpaired) electrons. The summed E-state index contributed by atoms with van der Waals surface area (Å²) in [6.45, 7) is 2.60. The highest BCUT2D eigenvalue weighted by Crippen LogP contribution is 2.12. The van der Waals surface area contributed by atoms with Gasteiger partial charge in [0, 0.05) is 0 Å². The maximum absolute atomic E-state index is 8.54. The van der Waals surface area contributed by atoms with Crippen molar-refractivity contribution in [3.8, 4) is 5.75 Å². The number of hydrogen-bond acceptors (Lipinski definition) is 2. The number of benzene rings is 1. The lowest BCUT2D eigenvalue weighted by molar-refractivity contribution is 0.201. The molecular weight excluding hydrogens is 164 g/mol. The quantitative estimate of drug-likeness (QED) is 0.751. The molecule has 0 aliphatic rings. The first-order chi connectivity index (χ1) is 6.36. The minimum Gasteiger partial charge on any atom is -0.491 e. The second-order valence-electron chi connectivity index (χ2n) is 2.97. The average Bonchev–Trinajstić information content (AvgIpc) is 2.17. The molecule has 0 aromatic heterocycles. The van der Waals surface area contributed by atoms with Gasteiger partial charge in [0.15, 0.2) is 0 Å². The van der Waals surface area contributed by atoms with Gasteiger partial charge >= 0.3 is 0 Å². The number of hydrogen-bond donors (Lipinski definition) is 1. The molecular formula is C11H16O2. The Balaban J connectivity index is 2.48. The number of aryl methyl sites for hydroxylation is 1. The third-order valence-corrected chi connectivity index (χ3v) is 1.82. The maximum atomic E-state index is 8.54. The summed E-state index contributed by atoms with van der Waals surface area (Å²) in [6.07, 6.45) is 2.27. The van der Waals surface area contributed by atoms with E-state index in [0.717, 1.165) is 18.6 Å². The highest BCUT2D eigenvalue weighted by molar-refractivity contribution is 5.27. The highest BCUT2D eigenvalue weighted by atomic mass is 16.5. The van der Waals surface area contributed by atoms with Crippen molar-refractivity contribution in [3.05, 3.63) is 29.8 Å². The molecule has 0 amide bonds. The van der Waals surface area contributed by atoms with Gasteiger partial charge in [0.1, 0.15) is 12.4 Å². The maximum Gasteiger partial charge on any atom is 0.119 e. The van der Waals surface area contributed by atoms with Crippen LogP contribution in [0, 0.1) is 0 Å². The van der Waals surface area contributed by atoms with Crippen LogP contribution in [0.4, 0.5) is 0 Å². The number of ether oxygens (including phenoxy) is 1. The van der Waals surface area contributed by atoms with Gasteiger partial charge in [-0.2, -0.15) is 0 Å². The van der Waals surface area contributed by atoms with Gasteiger partial charge in [0.2, 0.25) is 0 Å². The Morgan fingerprint density at radius 3 is 2.46 bits per heavy atom. The van der Waals surface area contributed by atoms with E-state index in [2.05, 4.69) is 19.1 Å². The van der Waals surface area contributed by atoms with Crippen molar-refractivity contribution in [3.63, 3.8) is 0 Å².